The number of fused-ring (bicyclic) bond motifs is 1. The lowest BCUT2D eigenvalue weighted by Crippen LogP contribution is -2.49. The van der Waals surface area contributed by atoms with Crippen molar-refractivity contribution in [3.63, 3.8) is 0 Å². The third-order valence-corrected chi connectivity index (χ3v) is 7.78. The van der Waals surface area contributed by atoms with Gasteiger partial charge in [-0.15, -0.1) is 0 Å². The van der Waals surface area contributed by atoms with E-state index in [-0.39, 0.29) is 11.7 Å². The number of hydrogen-bond acceptors (Lipinski definition) is 4. The summed E-state index contributed by atoms with van der Waals surface area (Å²) in [5, 5.41) is 3.00. The second-order valence-corrected chi connectivity index (χ2v) is 10.2. The monoisotopic (exact) mass is 463 g/mol. The van der Waals surface area contributed by atoms with E-state index in [1.165, 1.54) is 26.2 Å². The number of rotatable bonds is 8. The van der Waals surface area contributed by atoms with Gasteiger partial charge in [-0.25, -0.2) is 8.70 Å². The highest BCUT2D eigenvalue weighted by atomic mass is 32.2. The Balaban J connectivity index is 1.88. The molecule has 0 spiro atoms. The first-order chi connectivity index (χ1) is 15.1. The molecule has 9 heteroatoms. The highest BCUT2D eigenvalue weighted by molar-refractivity contribution is 7.90. The minimum absolute atomic E-state index is 0.207. The van der Waals surface area contributed by atoms with E-state index in [1.807, 2.05) is 24.3 Å². The number of carbonyl (C=O) groups is 1. The number of hydrogen-bond donors (Lipinski definition) is 1. The number of carbonyl (C=O) groups excluding carboxylic acids is 1. The third kappa shape index (κ3) is 4.88. The number of ether oxygens (including phenoxy) is 1. The summed E-state index contributed by atoms with van der Waals surface area (Å²) in [6, 6.07) is 12.3. The van der Waals surface area contributed by atoms with Gasteiger partial charge in [0.05, 0.1) is 11.7 Å². The minimum Gasteiger partial charge on any atom is -0.487 e. The first-order valence-corrected chi connectivity index (χ1v) is 12.0. The Morgan fingerprint density at radius 1 is 1.12 bits per heavy atom. The zero-order valence-electron chi connectivity index (χ0n) is 18.8. The molecule has 0 saturated carbocycles. The number of amides is 1. The fraction of sp³-hybridized carbons (Fsp3) is 0.435. The molecule has 0 saturated heterocycles. The standard InChI is InChI=1S/C23H30FN3O4S/c1-5-23(6-2)15-20(19-9-7-8-10-21(19)31-23)25-22(28)16-27(32(29,30)26(3)4)18-13-11-17(24)12-14-18/h7-14,20H,5-6,15-16H2,1-4H3,(H,25,28)/t20-/m1/s1. The maximum absolute atomic E-state index is 13.4. The lowest BCUT2D eigenvalue weighted by Gasteiger charge is -2.41. The highest BCUT2D eigenvalue weighted by Gasteiger charge is 2.39. The zero-order valence-corrected chi connectivity index (χ0v) is 19.7. The molecule has 1 N–H and O–H groups in total. The Morgan fingerprint density at radius 3 is 2.34 bits per heavy atom. The first-order valence-electron chi connectivity index (χ1n) is 10.6. The molecule has 7 nitrogen and oxygen atoms in total. The van der Waals surface area contributed by atoms with Crippen LogP contribution in [0.4, 0.5) is 10.1 Å². The second-order valence-electron chi connectivity index (χ2n) is 8.13. The smallest absolute Gasteiger partial charge is 0.304 e. The van der Waals surface area contributed by atoms with Crippen LogP contribution in [-0.2, 0) is 15.0 Å². The molecule has 2 aromatic carbocycles. The number of nitrogens with zero attached hydrogens (tertiary/aromatic N) is 2. The van der Waals surface area contributed by atoms with Crippen LogP contribution in [0, 0.1) is 5.82 Å². The molecule has 1 amide bonds. The molecule has 174 valence electrons. The van der Waals surface area contributed by atoms with E-state index in [0.717, 1.165) is 44.9 Å². The van der Waals surface area contributed by atoms with E-state index in [4.69, 9.17) is 4.74 Å². The molecule has 0 radical (unpaired) electrons. The van der Waals surface area contributed by atoms with Crippen molar-refractivity contribution in [2.45, 2.75) is 44.8 Å². The van der Waals surface area contributed by atoms with Gasteiger partial charge in [0.1, 0.15) is 23.7 Å². The van der Waals surface area contributed by atoms with E-state index in [0.29, 0.717) is 6.42 Å². The summed E-state index contributed by atoms with van der Waals surface area (Å²) in [6.45, 7) is 3.67. The van der Waals surface area contributed by atoms with Crippen LogP contribution in [0.25, 0.3) is 0 Å². The molecule has 1 heterocycles. The van der Waals surface area contributed by atoms with Crippen molar-refractivity contribution in [3.8, 4) is 5.75 Å². The predicted molar refractivity (Wildman–Crippen MR) is 122 cm³/mol. The van der Waals surface area contributed by atoms with Gasteiger partial charge in [-0.1, -0.05) is 32.0 Å². The van der Waals surface area contributed by atoms with Gasteiger partial charge in [0.15, 0.2) is 0 Å². The summed E-state index contributed by atoms with van der Waals surface area (Å²) in [5.41, 5.74) is 0.667. The molecule has 0 bridgehead atoms. The molecule has 1 aliphatic rings. The van der Waals surface area contributed by atoms with Crippen molar-refractivity contribution in [2.75, 3.05) is 24.9 Å². The van der Waals surface area contributed by atoms with Gasteiger partial charge < -0.3 is 10.1 Å². The molecular weight excluding hydrogens is 433 g/mol. The molecule has 3 rings (SSSR count). The van der Waals surface area contributed by atoms with Crippen LogP contribution in [0.15, 0.2) is 48.5 Å². The first kappa shape index (κ1) is 24.0. The molecule has 32 heavy (non-hydrogen) atoms. The average Bonchev–Trinajstić information content (AvgIpc) is 2.77. The molecule has 0 aliphatic carbocycles. The van der Waals surface area contributed by atoms with Crippen molar-refractivity contribution in [1.82, 2.24) is 9.62 Å². The van der Waals surface area contributed by atoms with E-state index >= 15 is 0 Å². The van der Waals surface area contributed by atoms with Gasteiger partial charge in [-0.05, 0) is 43.2 Å². The Bertz CT molecular complexity index is 1050. The maximum atomic E-state index is 13.4. The van der Waals surface area contributed by atoms with Crippen LogP contribution in [0.5, 0.6) is 5.75 Å². The Kier molecular flexibility index (Phi) is 7.09. The van der Waals surface area contributed by atoms with Gasteiger partial charge in [0.25, 0.3) is 0 Å². The van der Waals surface area contributed by atoms with E-state index in [2.05, 4.69) is 19.2 Å². The zero-order chi connectivity index (χ0) is 23.5. The quantitative estimate of drug-likeness (QED) is 0.648. The molecule has 0 unspecified atom stereocenters. The highest BCUT2D eigenvalue weighted by Crippen LogP contribution is 2.42. The fourth-order valence-electron chi connectivity index (χ4n) is 3.91. The lowest BCUT2D eigenvalue weighted by molar-refractivity contribution is -0.121. The summed E-state index contributed by atoms with van der Waals surface area (Å²) < 4.78 is 47.4. The summed E-state index contributed by atoms with van der Waals surface area (Å²) in [7, 11) is -1.21. The lowest BCUT2D eigenvalue weighted by atomic mass is 9.83. The topological polar surface area (TPSA) is 79.0 Å². The number of benzene rings is 2. The van der Waals surface area contributed by atoms with Crippen LogP contribution in [-0.4, -0.2) is 44.9 Å². The van der Waals surface area contributed by atoms with Crippen molar-refractivity contribution in [1.29, 1.82) is 0 Å². The number of para-hydroxylation sites is 1. The van der Waals surface area contributed by atoms with E-state index < -0.39 is 34.1 Å². The van der Waals surface area contributed by atoms with Gasteiger partial charge in [0, 0.05) is 26.1 Å². The number of anilines is 1. The van der Waals surface area contributed by atoms with Crippen molar-refractivity contribution in [2.24, 2.45) is 0 Å². The summed E-state index contributed by atoms with van der Waals surface area (Å²) >= 11 is 0. The Morgan fingerprint density at radius 2 is 1.75 bits per heavy atom. The Labute approximate surface area is 189 Å². The van der Waals surface area contributed by atoms with Crippen molar-refractivity contribution >= 4 is 21.8 Å². The van der Waals surface area contributed by atoms with Gasteiger partial charge >= 0.3 is 10.2 Å². The number of nitrogens with one attached hydrogen (secondary N) is 1. The van der Waals surface area contributed by atoms with Crippen LogP contribution >= 0.6 is 0 Å². The molecule has 0 fully saturated rings. The van der Waals surface area contributed by atoms with Crippen LogP contribution < -0.4 is 14.4 Å². The maximum Gasteiger partial charge on any atom is 0.304 e. The number of halogens is 1. The normalized spacial score (nSPS) is 17.4. The Hall–Kier alpha value is -2.65. The van der Waals surface area contributed by atoms with Crippen LogP contribution in [0.1, 0.15) is 44.7 Å². The third-order valence-electron chi connectivity index (χ3n) is 5.96. The second kappa shape index (κ2) is 9.46. The average molecular weight is 464 g/mol. The molecule has 1 atom stereocenters. The van der Waals surface area contributed by atoms with Gasteiger partial charge in [0.2, 0.25) is 5.91 Å². The summed E-state index contributed by atoms with van der Waals surface area (Å²) in [5.74, 6) is -0.221. The summed E-state index contributed by atoms with van der Waals surface area (Å²) in [4.78, 5) is 13.1. The van der Waals surface area contributed by atoms with E-state index in [9.17, 15) is 17.6 Å². The molecular formula is C23H30FN3O4S. The van der Waals surface area contributed by atoms with Crippen molar-refractivity contribution < 1.29 is 22.3 Å². The van der Waals surface area contributed by atoms with Crippen LogP contribution in [0.3, 0.4) is 0 Å². The molecule has 1 aliphatic heterocycles. The molecule has 0 aromatic heterocycles. The van der Waals surface area contributed by atoms with Gasteiger partial charge in [-0.3, -0.25) is 4.79 Å². The van der Waals surface area contributed by atoms with E-state index in [1.54, 1.807) is 0 Å². The largest absolute Gasteiger partial charge is 0.487 e. The fourth-order valence-corrected chi connectivity index (χ4v) is 4.97. The minimum atomic E-state index is -3.97. The summed E-state index contributed by atoms with van der Waals surface area (Å²) in [6.07, 6.45) is 2.14. The predicted octanol–water partition coefficient (Wildman–Crippen LogP) is 3.64. The van der Waals surface area contributed by atoms with Crippen LogP contribution in [0.2, 0.25) is 0 Å². The van der Waals surface area contributed by atoms with Crippen molar-refractivity contribution in [3.05, 3.63) is 59.9 Å². The SMILES string of the molecule is CCC1(CC)C[C@@H](NC(=O)CN(c2ccc(F)cc2)S(=O)(=O)N(C)C)c2ccccc2O1. The molecule has 2 aromatic rings. The van der Waals surface area contributed by atoms with Gasteiger partial charge in [-0.2, -0.15) is 12.7 Å².